The minimum Gasteiger partial charge on any atom is -0.421 e. The lowest BCUT2D eigenvalue weighted by molar-refractivity contribution is 0.416. The lowest BCUT2D eigenvalue weighted by atomic mass is 10.1. The van der Waals surface area contributed by atoms with Crippen molar-refractivity contribution in [1.82, 2.24) is 14.8 Å². The summed E-state index contributed by atoms with van der Waals surface area (Å²) in [5.74, 6) is 1.19. The second-order valence-corrected chi connectivity index (χ2v) is 4.69. The summed E-state index contributed by atoms with van der Waals surface area (Å²) in [5, 5.41) is 5.31. The minimum absolute atomic E-state index is 0.448. The molecule has 0 aliphatic heterocycles. The molecule has 0 saturated heterocycles. The van der Waals surface area contributed by atoms with Crippen LogP contribution in [0, 0.1) is 6.92 Å². The Morgan fingerprint density at radius 2 is 2.05 bits per heavy atom. The van der Waals surface area contributed by atoms with Crippen LogP contribution in [0.15, 0.2) is 36.4 Å². The maximum Gasteiger partial charge on any atom is 0.222 e. The summed E-state index contributed by atoms with van der Waals surface area (Å²) < 4.78 is 7.50. The molecule has 0 aliphatic carbocycles. The van der Waals surface area contributed by atoms with Gasteiger partial charge in [-0.05, 0) is 18.6 Å². The maximum atomic E-state index is 5.81. The number of hydrogen-bond acceptors (Lipinski definition) is 4. The molecule has 0 saturated carbocycles. The van der Waals surface area contributed by atoms with Gasteiger partial charge in [0.2, 0.25) is 11.8 Å². The number of benzene rings is 1. The first kappa shape index (κ1) is 12.6. The van der Waals surface area contributed by atoms with Gasteiger partial charge >= 0.3 is 0 Å². The van der Waals surface area contributed by atoms with Crippen molar-refractivity contribution in [2.75, 3.05) is 0 Å². The molecule has 1 aromatic carbocycles. The molecule has 0 unspecified atom stereocenters. The van der Waals surface area contributed by atoms with E-state index in [-0.39, 0.29) is 0 Å². The Bertz CT molecular complexity index is 764. The van der Waals surface area contributed by atoms with Crippen LogP contribution in [-0.4, -0.2) is 14.8 Å². The molecular formula is C15H16N4O. The van der Waals surface area contributed by atoms with Gasteiger partial charge < -0.3 is 10.5 Å². The summed E-state index contributed by atoms with van der Waals surface area (Å²) in [7, 11) is 1.84. The summed E-state index contributed by atoms with van der Waals surface area (Å²) in [6.45, 7) is 2.37. The van der Waals surface area contributed by atoms with E-state index in [1.54, 1.807) is 4.68 Å². The van der Waals surface area contributed by atoms with Crippen molar-refractivity contribution in [2.24, 2.45) is 12.8 Å². The van der Waals surface area contributed by atoms with E-state index >= 15 is 0 Å². The molecule has 102 valence electrons. The summed E-state index contributed by atoms with van der Waals surface area (Å²) >= 11 is 0. The van der Waals surface area contributed by atoms with Gasteiger partial charge in [0.25, 0.3) is 0 Å². The number of hydrogen-bond donors (Lipinski definition) is 1. The topological polar surface area (TPSA) is 66.0 Å². The second kappa shape index (κ2) is 4.94. The number of rotatable bonds is 3. The molecule has 0 amide bonds. The number of aryl methyl sites for hydroxylation is 2. The third-order valence-corrected chi connectivity index (χ3v) is 3.17. The Morgan fingerprint density at radius 3 is 2.75 bits per heavy atom. The van der Waals surface area contributed by atoms with Crippen molar-refractivity contribution in [3.05, 3.63) is 47.7 Å². The highest BCUT2D eigenvalue weighted by molar-refractivity contribution is 5.82. The fraction of sp³-hybridized carbons (Fsp3) is 0.200. The predicted octanol–water partition coefficient (Wildman–Crippen LogP) is 2.53. The van der Waals surface area contributed by atoms with Crippen molar-refractivity contribution in [3.63, 3.8) is 0 Å². The number of ether oxygens (including phenoxy) is 1. The molecule has 2 heterocycles. The van der Waals surface area contributed by atoms with Gasteiger partial charge in [0.05, 0.1) is 11.2 Å². The number of nitrogens with two attached hydrogens (primary N) is 1. The monoisotopic (exact) mass is 268 g/mol. The van der Waals surface area contributed by atoms with Crippen molar-refractivity contribution < 1.29 is 4.74 Å². The van der Waals surface area contributed by atoms with Gasteiger partial charge in [-0.2, -0.15) is 5.10 Å². The number of pyridine rings is 1. The molecule has 0 spiro atoms. The summed E-state index contributed by atoms with van der Waals surface area (Å²) in [5.41, 5.74) is 8.61. The quantitative estimate of drug-likeness (QED) is 0.792. The average molecular weight is 268 g/mol. The molecule has 2 aromatic heterocycles. The van der Waals surface area contributed by atoms with Crippen molar-refractivity contribution in [2.45, 2.75) is 13.5 Å². The lowest BCUT2D eigenvalue weighted by Crippen LogP contribution is -2.01. The van der Waals surface area contributed by atoms with Gasteiger partial charge in [-0.25, -0.2) is 9.67 Å². The molecule has 0 aliphatic rings. The molecule has 5 nitrogen and oxygen atoms in total. The van der Waals surface area contributed by atoms with Gasteiger partial charge in [-0.15, -0.1) is 0 Å². The van der Waals surface area contributed by atoms with Crippen molar-refractivity contribution >= 4 is 10.9 Å². The molecule has 3 rings (SSSR count). The highest BCUT2D eigenvalue weighted by Crippen LogP contribution is 2.25. The first-order valence-corrected chi connectivity index (χ1v) is 6.44. The molecular weight excluding hydrogens is 252 g/mol. The van der Waals surface area contributed by atoms with Crippen molar-refractivity contribution in [1.29, 1.82) is 0 Å². The molecule has 0 atom stereocenters. The Morgan fingerprint density at radius 1 is 1.25 bits per heavy atom. The van der Waals surface area contributed by atoms with Crippen molar-refractivity contribution in [3.8, 4) is 11.8 Å². The highest BCUT2D eigenvalue weighted by Gasteiger charge is 2.09. The SMILES string of the molecule is Cc1cc(Oc2cc(CN)c3ccccc3n2)n(C)n1. The fourth-order valence-corrected chi connectivity index (χ4v) is 2.23. The van der Waals surface area contributed by atoms with E-state index in [9.17, 15) is 0 Å². The van der Waals surface area contributed by atoms with Gasteiger partial charge in [-0.3, -0.25) is 0 Å². The molecule has 2 N–H and O–H groups in total. The van der Waals surface area contributed by atoms with Crippen LogP contribution in [0.3, 0.4) is 0 Å². The largest absolute Gasteiger partial charge is 0.421 e. The van der Waals surface area contributed by atoms with Gasteiger partial charge in [0, 0.05) is 31.1 Å². The molecule has 20 heavy (non-hydrogen) atoms. The van der Waals surface area contributed by atoms with Crippen LogP contribution in [-0.2, 0) is 13.6 Å². The summed E-state index contributed by atoms with van der Waals surface area (Å²) in [6.07, 6.45) is 0. The van der Waals surface area contributed by atoms with Crippen LogP contribution in [0.25, 0.3) is 10.9 Å². The minimum atomic E-state index is 0.448. The highest BCUT2D eigenvalue weighted by atomic mass is 16.5. The molecule has 0 bridgehead atoms. The van der Waals surface area contributed by atoms with E-state index in [1.807, 2.05) is 50.4 Å². The molecule has 0 radical (unpaired) electrons. The zero-order chi connectivity index (χ0) is 14.1. The van der Waals surface area contributed by atoms with E-state index in [0.717, 1.165) is 22.2 Å². The van der Waals surface area contributed by atoms with Crippen LogP contribution < -0.4 is 10.5 Å². The van der Waals surface area contributed by atoms with E-state index < -0.39 is 0 Å². The van der Waals surface area contributed by atoms with Gasteiger partial charge in [-0.1, -0.05) is 18.2 Å². The second-order valence-electron chi connectivity index (χ2n) is 4.69. The van der Waals surface area contributed by atoms with Crippen LogP contribution in [0.4, 0.5) is 0 Å². The number of aromatic nitrogens is 3. The number of nitrogens with zero attached hydrogens (tertiary/aromatic N) is 3. The fourth-order valence-electron chi connectivity index (χ4n) is 2.23. The van der Waals surface area contributed by atoms with E-state index in [1.165, 1.54) is 0 Å². The van der Waals surface area contributed by atoms with Gasteiger partial charge in [0.15, 0.2) is 0 Å². The first-order chi connectivity index (χ1) is 9.67. The van der Waals surface area contributed by atoms with Crippen LogP contribution >= 0.6 is 0 Å². The normalized spacial score (nSPS) is 10.9. The number of fused-ring (bicyclic) bond motifs is 1. The molecule has 0 fully saturated rings. The Balaban J connectivity index is 2.06. The Kier molecular flexibility index (Phi) is 3.12. The zero-order valence-corrected chi connectivity index (χ0v) is 11.5. The standard InChI is InChI=1S/C15H16N4O/c1-10-7-15(19(2)18-10)20-14-8-11(9-16)12-5-3-4-6-13(12)17-14/h3-8H,9,16H2,1-2H3. The average Bonchev–Trinajstić information content (AvgIpc) is 2.76. The molecule has 5 heteroatoms. The summed E-state index contributed by atoms with van der Waals surface area (Å²) in [6, 6.07) is 11.7. The smallest absolute Gasteiger partial charge is 0.222 e. The first-order valence-electron chi connectivity index (χ1n) is 6.44. The Labute approximate surface area is 117 Å². The predicted molar refractivity (Wildman–Crippen MR) is 77.7 cm³/mol. The maximum absolute atomic E-state index is 5.81. The lowest BCUT2D eigenvalue weighted by Gasteiger charge is -2.09. The summed E-state index contributed by atoms with van der Waals surface area (Å²) in [4.78, 5) is 4.51. The zero-order valence-electron chi connectivity index (χ0n) is 11.5. The molecule has 3 aromatic rings. The third kappa shape index (κ3) is 2.23. The van der Waals surface area contributed by atoms with E-state index in [0.29, 0.717) is 18.3 Å². The van der Waals surface area contributed by atoms with E-state index in [2.05, 4.69) is 10.1 Å². The third-order valence-electron chi connectivity index (χ3n) is 3.17. The number of para-hydroxylation sites is 1. The van der Waals surface area contributed by atoms with Crippen LogP contribution in [0.1, 0.15) is 11.3 Å². The Hall–Kier alpha value is -2.40. The van der Waals surface area contributed by atoms with Crippen LogP contribution in [0.5, 0.6) is 11.8 Å². The van der Waals surface area contributed by atoms with E-state index in [4.69, 9.17) is 10.5 Å². The van der Waals surface area contributed by atoms with Gasteiger partial charge in [0.1, 0.15) is 0 Å². The van der Waals surface area contributed by atoms with Crippen LogP contribution in [0.2, 0.25) is 0 Å².